The van der Waals surface area contributed by atoms with Crippen LogP contribution >= 0.6 is 0 Å². The molecule has 2 rings (SSSR count). The maximum Gasteiger partial charge on any atom is 0.194 e. The Balaban J connectivity index is 2.01. The molecule has 0 aromatic carbocycles. The number of ether oxygens (including phenoxy) is 1. The molecule has 2 heterocycles. The van der Waals surface area contributed by atoms with E-state index < -0.39 is 14.6 Å². The van der Waals surface area contributed by atoms with E-state index in [1.165, 1.54) is 0 Å². The van der Waals surface area contributed by atoms with E-state index in [-0.39, 0.29) is 5.75 Å². The largest absolute Gasteiger partial charge is 0.469 e. The zero-order valence-corrected chi connectivity index (χ0v) is 15.4. The van der Waals surface area contributed by atoms with Crippen molar-refractivity contribution in [2.75, 3.05) is 45.6 Å². The summed E-state index contributed by atoms with van der Waals surface area (Å²) in [5.74, 6) is 1.77. The van der Waals surface area contributed by atoms with Crippen molar-refractivity contribution in [3.8, 4) is 0 Å². The Kier molecular flexibility index (Phi) is 6.28. The maximum absolute atomic E-state index is 12.2. The number of methoxy groups -OCH3 is 1. The van der Waals surface area contributed by atoms with Gasteiger partial charge in [0.25, 0.3) is 0 Å². The molecule has 0 bridgehead atoms. The summed E-state index contributed by atoms with van der Waals surface area (Å²) in [6.45, 7) is 6.14. The maximum atomic E-state index is 12.2. The summed E-state index contributed by atoms with van der Waals surface area (Å²) in [5, 5.41) is 3.32. The number of nitrogens with one attached hydrogen (secondary N) is 1. The molecule has 1 aliphatic heterocycles. The van der Waals surface area contributed by atoms with E-state index in [1.54, 1.807) is 27.2 Å². The second kappa shape index (κ2) is 8.02. The first-order valence-corrected chi connectivity index (χ1v) is 9.78. The number of furan rings is 1. The fourth-order valence-corrected chi connectivity index (χ4v) is 3.95. The Bertz CT molecular complexity index is 638. The van der Waals surface area contributed by atoms with Gasteiger partial charge in [-0.25, -0.2) is 8.42 Å². The normalized spacial score (nSPS) is 20.1. The minimum atomic E-state index is -3.07. The highest BCUT2D eigenvalue weighted by atomic mass is 32.2. The van der Waals surface area contributed by atoms with Gasteiger partial charge in [0.05, 0.1) is 29.9 Å². The fourth-order valence-electron chi connectivity index (χ4n) is 2.59. The van der Waals surface area contributed by atoms with Gasteiger partial charge in [-0.2, -0.15) is 0 Å². The lowest BCUT2D eigenvalue weighted by atomic mass is 10.2. The van der Waals surface area contributed by atoms with Gasteiger partial charge in [-0.15, -0.1) is 0 Å². The molecule has 8 heteroatoms. The molecule has 1 aliphatic rings. The van der Waals surface area contributed by atoms with Gasteiger partial charge in [-0.05, 0) is 26.0 Å². The number of nitrogens with zero attached hydrogens (tertiary/aromatic N) is 2. The molecule has 0 spiro atoms. The molecular formula is C16H27N3O4S. The number of aliphatic imine (C=N–C) groups is 1. The van der Waals surface area contributed by atoms with Crippen LogP contribution in [0.1, 0.15) is 19.6 Å². The lowest BCUT2D eigenvalue weighted by molar-refractivity contribution is 0.207. The number of hydrogen-bond acceptors (Lipinski definition) is 5. The molecule has 0 saturated carbocycles. The molecule has 7 nitrogen and oxygen atoms in total. The van der Waals surface area contributed by atoms with Crippen LogP contribution in [0.25, 0.3) is 0 Å². The molecule has 0 aliphatic carbocycles. The lowest BCUT2D eigenvalue weighted by Crippen LogP contribution is -2.57. The van der Waals surface area contributed by atoms with Crippen LogP contribution < -0.4 is 5.32 Å². The molecule has 136 valence electrons. The smallest absolute Gasteiger partial charge is 0.194 e. The summed E-state index contributed by atoms with van der Waals surface area (Å²) in [6, 6.07) is 3.79. The van der Waals surface area contributed by atoms with E-state index in [0.29, 0.717) is 32.8 Å². The monoisotopic (exact) mass is 357 g/mol. The zero-order valence-electron chi connectivity index (χ0n) is 14.6. The summed E-state index contributed by atoms with van der Waals surface area (Å²) in [4.78, 5) is 6.56. The van der Waals surface area contributed by atoms with Crippen LogP contribution in [0, 0.1) is 0 Å². The summed E-state index contributed by atoms with van der Waals surface area (Å²) in [5.41, 5.74) is 0. The van der Waals surface area contributed by atoms with Crippen LogP contribution in [-0.2, 0) is 21.0 Å². The van der Waals surface area contributed by atoms with Crippen molar-refractivity contribution >= 4 is 15.8 Å². The predicted octanol–water partition coefficient (Wildman–Crippen LogP) is 0.923. The van der Waals surface area contributed by atoms with Gasteiger partial charge in [0, 0.05) is 33.2 Å². The van der Waals surface area contributed by atoms with Crippen molar-refractivity contribution in [2.45, 2.75) is 25.0 Å². The molecular weight excluding hydrogens is 330 g/mol. The van der Waals surface area contributed by atoms with Crippen molar-refractivity contribution in [2.24, 2.45) is 4.99 Å². The number of hydrogen-bond donors (Lipinski definition) is 1. The molecule has 1 saturated heterocycles. The van der Waals surface area contributed by atoms with Crippen molar-refractivity contribution in [1.82, 2.24) is 10.2 Å². The highest BCUT2D eigenvalue weighted by Crippen LogP contribution is 2.23. The van der Waals surface area contributed by atoms with Crippen LogP contribution in [0.3, 0.4) is 0 Å². The molecule has 0 amide bonds. The summed E-state index contributed by atoms with van der Waals surface area (Å²) in [6.07, 6.45) is 2.40. The number of sulfone groups is 1. The van der Waals surface area contributed by atoms with Crippen molar-refractivity contribution in [3.63, 3.8) is 0 Å². The Morgan fingerprint density at radius 3 is 2.92 bits per heavy atom. The Labute approximate surface area is 144 Å². The quantitative estimate of drug-likeness (QED) is 0.463. The van der Waals surface area contributed by atoms with Crippen LogP contribution in [0.4, 0.5) is 0 Å². The van der Waals surface area contributed by atoms with Crippen LogP contribution in [0.15, 0.2) is 27.8 Å². The SMILES string of the molecule is COCCN=C(NCCc1ccco1)N1CCS(=O)(=O)C(C)(C)C1. The Morgan fingerprint density at radius 1 is 1.50 bits per heavy atom. The molecule has 0 radical (unpaired) electrons. The van der Waals surface area contributed by atoms with Crippen LogP contribution in [0.5, 0.6) is 0 Å². The summed E-state index contributed by atoms with van der Waals surface area (Å²) in [7, 11) is -1.44. The Hall–Kier alpha value is -1.54. The lowest BCUT2D eigenvalue weighted by Gasteiger charge is -2.39. The fraction of sp³-hybridized carbons (Fsp3) is 0.688. The van der Waals surface area contributed by atoms with E-state index in [2.05, 4.69) is 10.3 Å². The average molecular weight is 357 g/mol. The minimum absolute atomic E-state index is 0.142. The van der Waals surface area contributed by atoms with Crippen molar-refractivity contribution in [1.29, 1.82) is 0 Å². The Morgan fingerprint density at radius 2 is 2.29 bits per heavy atom. The first-order valence-electron chi connectivity index (χ1n) is 8.12. The molecule has 24 heavy (non-hydrogen) atoms. The summed E-state index contributed by atoms with van der Waals surface area (Å²) >= 11 is 0. The van der Waals surface area contributed by atoms with Gasteiger partial charge in [-0.3, -0.25) is 4.99 Å². The number of guanidine groups is 1. The third kappa shape index (κ3) is 4.73. The molecule has 0 unspecified atom stereocenters. The third-order valence-corrected chi connectivity index (χ3v) is 6.67. The molecule has 1 aromatic rings. The predicted molar refractivity (Wildman–Crippen MR) is 94.0 cm³/mol. The van der Waals surface area contributed by atoms with Crippen molar-refractivity contribution < 1.29 is 17.6 Å². The third-order valence-electron chi connectivity index (χ3n) is 4.13. The van der Waals surface area contributed by atoms with E-state index in [0.717, 1.165) is 18.1 Å². The first kappa shape index (κ1) is 18.8. The molecule has 0 atom stereocenters. The van der Waals surface area contributed by atoms with E-state index in [9.17, 15) is 8.42 Å². The molecule has 1 aromatic heterocycles. The van der Waals surface area contributed by atoms with Gasteiger partial charge in [0.2, 0.25) is 0 Å². The topological polar surface area (TPSA) is 84.1 Å². The average Bonchev–Trinajstić information content (AvgIpc) is 3.02. The summed E-state index contributed by atoms with van der Waals surface area (Å²) < 4.78 is 34.0. The number of rotatable bonds is 6. The zero-order chi connectivity index (χ0) is 17.6. The van der Waals surface area contributed by atoms with Crippen molar-refractivity contribution in [3.05, 3.63) is 24.2 Å². The molecule has 1 fully saturated rings. The van der Waals surface area contributed by atoms with Gasteiger partial charge >= 0.3 is 0 Å². The minimum Gasteiger partial charge on any atom is -0.469 e. The van der Waals surface area contributed by atoms with Gasteiger partial charge < -0.3 is 19.4 Å². The van der Waals surface area contributed by atoms with E-state index in [4.69, 9.17) is 9.15 Å². The van der Waals surface area contributed by atoms with Gasteiger partial charge in [-0.1, -0.05) is 0 Å². The second-order valence-corrected chi connectivity index (χ2v) is 9.20. The van der Waals surface area contributed by atoms with Gasteiger partial charge in [0.15, 0.2) is 15.8 Å². The van der Waals surface area contributed by atoms with Crippen LogP contribution in [0.2, 0.25) is 0 Å². The van der Waals surface area contributed by atoms with E-state index in [1.807, 2.05) is 17.0 Å². The highest BCUT2D eigenvalue weighted by molar-refractivity contribution is 7.92. The standard InChI is InChI=1S/C16H27N3O4S/c1-16(2)13-19(9-12-24(16,20)21)15(18-8-11-22-3)17-7-6-14-5-4-10-23-14/h4-5,10H,6-9,11-13H2,1-3H3,(H,17,18). The molecule has 1 N–H and O–H groups in total. The van der Waals surface area contributed by atoms with E-state index >= 15 is 0 Å². The van der Waals surface area contributed by atoms with Gasteiger partial charge in [0.1, 0.15) is 5.76 Å². The highest BCUT2D eigenvalue weighted by Gasteiger charge is 2.40. The first-order chi connectivity index (χ1) is 11.4. The van der Waals surface area contributed by atoms with Crippen LogP contribution in [-0.4, -0.2) is 69.7 Å². The second-order valence-electron chi connectivity index (χ2n) is 6.45.